The Morgan fingerprint density at radius 3 is 2.42 bits per heavy atom. The summed E-state index contributed by atoms with van der Waals surface area (Å²) in [4.78, 5) is 22.8. The molecular weight excluding hydrogens is 248 g/mol. The second kappa shape index (κ2) is 6.06. The van der Waals surface area contributed by atoms with Crippen LogP contribution in [0.25, 0.3) is 0 Å². The Bertz CT molecular complexity index is 373. The Morgan fingerprint density at radius 2 is 1.89 bits per heavy atom. The maximum Gasteiger partial charge on any atom is 0.407 e. The van der Waals surface area contributed by atoms with Crippen LogP contribution >= 0.6 is 0 Å². The topological polar surface area (TPSA) is 87.7 Å². The third-order valence-electron chi connectivity index (χ3n) is 2.54. The number of carbonyl (C=O) groups is 2. The molecule has 0 aliphatic heterocycles. The van der Waals surface area contributed by atoms with Gasteiger partial charge in [0.25, 0.3) is 0 Å². The summed E-state index contributed by atoms with van der Waals surface area (Å²) in [5.41, 5.74) is -0.587. The first-order chi connectivity index (χ1) is 8.67. The van der Waals surface area contributed by atoms with E-state index in [-0.39, 0.29) is 11.9 Å². The monoisotopic (exact) mass is 270 g/mol. The van der Waals surface area contributed by atoms with Gasteiger partial charge in [0, 0.05) is 6.92 Å². The smallest absolute Gasteiger partial charge is 0.407 e. The molecule has 0 unspecified atom stereocenters. The van der Waals surface area contributed by atoms with Crippen LogP contribution in [-0.4, -0.2) is 40.9 Å². The molecule has 108 valence electrons. The predicted octanol–water partition coefficient (Wildman–Crippen LogP) is 0.705. The van der Waals surface area contributed by atoms with Crippen LogP contribution < -0.4 is 10.6 Å². The van der Waals surface area contributed by atoms with Crippen molar-refractivity contribution < 1.29 is 19.4 Å². The van der Waals surface area contributed by atoms with Crippen LogP contribution in [0.1, 0.15) is 34.1 Å². The molecule has 1 aliphatic rings. The zero-order valence-corrected chi connectivity index (χ0v) is 11.8. The van der Waals surface area contributed by atoms with E-state index in [0.29, 0.717) is 6.42 Å². The summed E-state index contributed by atoms with van der Waals surface area (Å²) in [6.45, 7) is 6.72. The second-order valence-electron chi connectivity index (χ2n) is 5.67. The van der Waals surface area contributed by atoms with Crippen LogP contribution in [0.15, 0.2) is 12.2 Å². The van der Waals surface area contributed by atoms with Crippen LogP contribution in [-0.2, 0) is 9.53 Å². The highest BCUT2D eigenvalue weighted by Crippen LogP contribution is 2.14. The minimum Gasteiger partial charge on any atom is -0.444 e. The molecule has 3 N–H and O–H groups in total. The van der Waals surface area contributed by atoms with Crippen LogP contribution in [0.3, 0.4) is 0 Å². The Balaban J connectivity index is 2.64. The SMILES string of the molecule is CC(=O)N[C@H]1C=C[C@H](O)C[C@@H]1NC(=O)OC(C)(C)C. The molecule has 3 atom stereocenters. The molecule has 2 amide bonds. The predicted molar refractivity (Wildman–Crippen MR) is 70.5 cm³/mol. The lowest BCUT2D eigenvalue weighted by molar-refractivity contribution is -0.119. The molecule has 0 aromatic carbocycles. The second-order valence-corrected chi connectivity index (χ2v) is 5.67. The third-order valence-corrected chi connectivity index (χ3v) is 2.54. The summed E-state index contributed by atoms with van der Waals surface area (Å²) in [6, 6.07) is -0.729. The number of carbonyl (C=O) groups excluding carboxylic acids is 2. The van der Waals surface area contributed by atoms with E-state index < -0.39 is 23.8 Å². The van der Waals surface area contributed by atoms with Crippen molar-refractivity contribution in [2.45, 2.75) is 57.9 Å². The fraction of sp³-hybridized carbons (Fsp3) is 0.692. The van der Waals surface area contributed by atoms with Crippen LogP contribution in [0.4, 0.5) is 4.79 Å². The number of alkyl carbamates (subject to hydrolysis) is 1. The van der Waals surface area contributed by atoms with Gasteiger partial charge in [-0.15, -0.1) is 0 Å². The number of hydrogen-bond donors (Lipinski definition) is 3. The highest BCUT2D eigenvalue weighted by Gasteiger charge is 2.29. The number of hydrogen-bond acceptors (Lipinski definition) is 4. The van der Waals surface area contributed by atoms with E-state index in [9.17, 15) is 14.7 Å². The summed E-state index contributed by atoms with van der Waals surface area (Å²) >= 11 is 0. The first-order valence-corrected chi connectivity index (χ1v) is 6.30. The lowest BCUT2D eigenvalue weighted by atomic mass is 9.94. The molecule has 0 radical (unpaired) electrons. The van der Waals surface area contributed by atoms with Gasteiger partial charge >= 0.3 is 6.09 Å². The van der Waals surface area contributed by atoms with E-state index in [1.54, 1.807) is 32.9 Å². The van der Waals surface area contributed by atoms with Crippen LogP contribution in [0.2, 0.25) is 0 Å². The van der Waals surface area contributed by atoms with Gasteiger partial charge in [-0.1, -0.05) is 12.2 Å². The van der Waals surface area contributed by atoms with Crippen molar-refractivity contribution in [1.82, 2.24) is 10.6 Å². The number of amides is 2. The van der Waals surface area contributed by atoms with Crippen molar-refractivity contribution in [1.29, 1.82) is 0 Å². The molecule has 1 rings (SSSR count). The summed E-state index contributed by atoms with van der Waals surface area (Å²) in [5.74, 6) is -0.193. The molecule has 0 spiro atoms. The largest absolute Gasteiger partial charge is 0.444 e. The summed E-state index contributed by atoms with van der Waals surface area (Å²) < 4.78 is 5.16. The van der Waals surface area contributed by atoms with Crippen molar-refractivity contribution >= 4 is 12.0 Å². The average Bonchev–Trinajstić information content (AvgIpc) is 2.18. The van der Waals surface area contributed by atoms with Crippen LogP contribution in [0.5, 0.6) is 0 Å². The van der Waals surface area contributed by atoms with Crippen molar-refractivity contribution in [3.05, 3.63) is 12.2 Å². The van der Waals surface area contributed by atoms with Gasteiger partial charge in [-0.25, -0.2) is 4.79 Å². The van der Waals surface area contributed by atoms with Gasteiger partial charge in [0.15, 0.2) is 0 Å². The molecular formula is C13H22N2O4. The van der Waals surface area contributed by atoms with Crippen molar-refractivity contribution in [3.8, 4) is 0 Å². The third kappa shape index (κ3) is 5.74. The maximum absolute atomic E-state index is 11.7. The zero-order valence-electron chi connectivity index (χ0n) is 11.8. The molecule has 1 aliphatic carbocycles. The minimum absolute atomic E-state index is 0.193. The molecule has 0 bridgehead atoms. The standard InChI is InChI=1S/C13H22N2O4/c1-8(16)14-10-6-5-9(17)7-11(10)15-12(18)19-13(2,3)4/h5-6,9-11,17H,7H2,1-4H3,(H,14,16)(H,15,18)/t9-,10-,11-/m0/s1. The molecule has 0 aromatic rings. The van der Waals surface area contributed by atoms with E-state index in [2.05, 4.69) is 10.6 Å². The highest BCUT2D eigenvalue weighted by molar-refractivity contribution is 5.74. The Morgan fingerprint density at radius 1 is 1.26 bits per heavy atom. The minimum atomic E-state index is -0.634. The van der Waals surface area contributed by atoms with Gasteiger partial charge in [-0.05, 0) is 27.2 Å². The van der Waals surface area contributed by atoms with Gasteiger partial charge < -0.3 is 20.5 Å². The quantitative estimate of drug-likeness (QED) is 0.645. The van der Waals surface area contributed by atoms with Crippen molar-refractivity contribution in [3.63, 3.8) is 0 Å². The fourth-order valence-corrected chi connectivity index (χ4v) is 1.86. The van der Waals surface area contributed by atoms with E-state index in [1.165, 1.54) is 6.92 Å². The molecule has 19 heavy (non-hydrogen) atoms. The van der Waals surface area contributed by atoms with E-state index in [4.69, 9.17) is 4.74 Å². The first-order valence-electron chi connectivity index (χ1n) is 6.30. The molecule has 6 heteroatoms. The zero-order chi connectivity index (χ0) is 14.6. The first kappa shape index (κ1) is 15.5. The summed E-state index contributed by atoms with van der Waals surface area (Å²) in [5, 5.41) is 15.0. The number of nitrogens with one attached hydrogen (secondary N) is 2. The average molecular weight is 270 g/mol. The molecule has 0 aromatic heterocycles. The Hall–Kier alpha value is -1.56. The normalized spacial score (nSPS) is 26.7. The van der Waals surface area contributed by atoms with Crippen LogP contribution in [0, 0.1) is 0 Å². The summed E-state index contributed by atoms with van der Waals surface area (Å²) in [7, 11) is 0. The van der Waals surface area contributed by atoms with Gasteiger partial charge in [0.2, 0.25) is 5.91 Å². The molecule has 0 saturated heterocycles. The summed E-state index contributed by atoms with van der Waals surface area (Å²) in [6.07, 6.45) is 2.42. The van der Waals surface area contributed by atoms with Crippen molar-refractivity contribution in [2.75, 3.05) is 0 Å². The van der Waals surface area contributed by atoms with Crippen molar-refractivity contribution in [2.24, 2.45) is 0 Å². The van der Waals surface area contributed by atoms with E-state index in [1.807, 2.05) is 0 Å². The molecule has 0 fully saturated rings. The van der Waals surface area contributed by atoms with Gasteiger partial charge in [0.1, 0.15) is 5.60 Å². The molecule has 0 heterocycles. The lowest BCUT2D eigenvalue weighted by Gasteiger charge is -2.31. The van der Waals surface area contributed by atoms with Gasteiger partial charge in [-0.2, -0.15) is 0 Å². The fourth-order valence-electron chi connectivity index (χ4n) is 1.86. The molecule has 6 nitrogen and oxygen atoms in total. The van der Waals surface area contributed by atoms with Gasteiger partial charge in [0.05, 0.1) is 18.2 Å². The number of aliphatic hydroxyl groups is 1. The number of ether oxygens (including phenoxy) is 1. The Kier molecular flexibility index (Phi) is 4.94. The number of aliphatic hydroxyl groups excluding tert-OH is 1. The number of rotatable bonds is 2. The Labute approximate surface area is 113 Å². The highest BCUT2D eigenvalue weighted by atomic mass is 16.6. The molecule has 0 saturated carbocycles. The maximum atomic E-state index is 11.7. The van der Waals surface area contributed by atoms with E-state index in [0.717, 1.165) is 0 Å². The van der Waals surface area contributed by atoms with E-state index >= 15 is 0 Å². The van der Waals surface area contributed by atoms with Gasteiger partial charge in [-0.3, -0.25) is 4.79 Å². The lowest BCUT2D eigenvalue weighted by Crippen LogP contribution is -2.54.